The van der Waals surface area contributed by atoms with Crippen molar-refractivity contribution in [2.75, 3.05) is 5.75 Å². The number of H-pyrrole nitrogens is 1. The first-order valence-corrected chi connectivity index (χ1v) is 12.3. The molecule has 7 heteroatoms. The average Bonchev–Trinajstić information content (AvgIpc) is 3.50. The number of carboxylic acid groups (broad SMARTS) is 1. The van der Waals surface area contributed by atoms with E-state index in [2.05, 4.69) is 16.8 Å². The van der Waals surface area contributed by atoms with Crippen LogP contribution >= 0.6 is 11.3 Å². The highest BCUT2D eigenvalue weighted by molar-refractivity contribution is 7.93. The molecule has 0 radical (unpaired) electrons. The van der Waals surface area contributed by atoms with E-state index in [0.29, 0.717) is 10.9 Å². The Morgan fingerprint density at radius 2 is 1.85 bits per heavy atom. The molecule has 0 fully saturated rings. The molecule has 4 aromatic rings. The number of fused-ring (bicyclic) bond motifs is 1. The van der Waals surface area contributed by atoms with Gasteiger partial charge in [-0.2, -0.15) is 0 Å². The molecular weight excluding hydrogens is 454 g/mol. The molecule has 0 amide bonds. The second kappa shape index (κ2) is 9.26. The van der Waals surface area contributed by atoms with Crippen LogP contribution in [0.5, 0.6) is 0 Å². The molecular formula is C26H23NO4S2. The number of aromatic amines is 1. The van der Waals surface area contributed by atoms with Crippen molar-refractivity contribution < 1.29 is 27.9 Å². The van der Waals surface area contributed by atoms with Gasteiger partial charge >= 0.3 is 5.97 Å². The minimum atomic E-state index is -4.10. The second-order valence-corrected chi connectivity index (χ2v) is 10.8. The van der Waals surface area contributed by atoms with Crippen LogP contribution in [0.4, 0.5) is 0 Å². The predicted molar refractivity (Wildman–Crippen MR) is 131 cm³/mol. The van der Waals surface area contributed by atoms with Crippen LogP contribution in [0.2, 0.25) is 0 Å². The number of hydrogen-bond donors (Lipinski definition) is 2. The lowest BCUT2D eigenvalue weighted by molar-refractivity contribution is -0.140. The number of carboxylic acids is 1. The quantitative estimate of drug-likeness (QED) is 0.379. The highest BCUT2D eigenvalue weighted by atomic mass is 32.2. The Balaban J connectivity index is 1.62. The Hall–Kier alpha value is -3.34. The first-order valence-electron chi connectivity index (χ1n) is 13.4. The number of aliphatic carboxylic acids is 1. The topological polar surface area (TPSA) is 87.2 Å². The van der Waals surface area contributed by atoms with Crippen LogP contribution in [0, 0.1) is 31.6 Å². The Bertz CT molecular complexity index is 1840. The average molecular weight is 485 g/mol. The number of nitrogens with one attached hydrogen (secondary N) is 1. The van der Waals surface area contributed by atoms with E-state index in [1.165, 1.54) is 19.1 Å². The molecule has 1 atom stereocenters. The molecule has 2 heterocycles. The molecule has 0 aliphatic heterocycles. The van der Waals surface area contributed by atoms with Crippen LogP contribution in [0.1, 0.15) is 36.7 Å². The molecule has 5 nitrogen and oxygen atoms in total. The number of thiophene rings is 1. The molecule has 0 saturated carbocycles. The van der Waals surface area contributed by atoms with E-state index in [9.17, 15) is 18.3 Å². The first-order chi connectivity index (χ1) is 18.6. The van der Waals surface area contributed by atoms with Gasteiger partial charge in [0.05, 0.1) is 26.1 Å². The van der Waals surface area contributed by atoms with Crippen LogP contribution in [0.3, 0.4) is 0 Å². The van der Waals surface area contributed by atoms with Gasteiger partial charge in [0.15, 0.2) is 9.84 Å². The minimum absolute atomic E-state index is 0.0187. The smallest absolute Gasteiger partial charge is 0.307 e. The van der Waals surface area contributed by atoms with Crippen molar-refractivity contribution in [1.29, 1.82) is 0 Å². The van der Waals surface area contributed by atoms with Crippen molar-refractivity contribution in [3.63, 3.8) is 0 Å². The standard InChI is InChI=1S/C26H23NO4S2/c1-17-3-6-19(7-4-17)8-9-22-10-12-25(32-22)33(30,31)16-21(26(28)29)14-20-15-27-24-11-5-18(2)13-23(20)24/h3-7,10-13,15,21,27H,14,16H2,1-2H3,(H,28,29)/t21-/m0/s1/i3D,4D,5D,6D,7D,11D,15D. The van der Waals surface area contributed by atoms with E-state index in [1.807, 2.05) is 0 Å². The Morgan fingerprint density at radius 3 is 2.58 bits per heavy atom. The van der Waals surface area contributed by atoms with Gasteiger partial charge in [0.1, 0.15) is 4.21 Å². The van der Waals surface area contributed by atoms with Gasteiger partial charge < -0.3 is 10.1 Å². The van der Waals surface area contributed by atoms with E-state index < -0.39 is 27.5 Å². The summed E-state index contributed by atoms with van der Waals surface area (Å²) < 4.78 is 82.6. The summed E-state index contributed by atoms with van der Waals surface area (Å²) in [6.45, 7) is 3.10. The zero-order chi connectivity index (χ0) is 29.7. The summed E-state index contributed by atoms with van der Waals surface area (Å²) in [4.78, 5) is 15.1. The van der Waals surface area contributed by atoms with Crippen molar-refractivity contribution in [3.05, 3.63) is 87.8 Å². The lowest BCUT2D eigenvalue weighted by Crippen LogP contribution is -2.25. The molecule has 0 aliphatic rings. The third-order valence-corrected chi connectivity index (χ3v) is 8.24. The summed E-state index contributed by atoms with van der Waals surface area (Å²) in [7, 11) is -4.10. The lowest BCUT2D eigenvalue weighted by atomic mass is 10.00. The van der Waals surface area contributed by atoms with Crippen molar-refractivity contribution in [2.24, 2.45) is 5.92 Å². The van der Waals surface area contributed by atoms with E-state index in [4.69, 9.17) is 9.60 Å². The minimum Gasteiger partial charge on any atom is -0.481 e. The third kappa shape index (κ3) is 5.36. The fourth-order valence-electron chi connectivity index (χ4n) is 3.18. The van der Waals surface area contributed by atoms with Gasteiger partial charge in [-0.3, -0.25) is 4.79 Å². The number of rotatable bonds is 6. The number of hydrogen-bond acceptors (Lipinski definition) is 4. The molecule has 2 aromatic carbocycles. The summed E-state index contributed by atoms with van der Waals surface area (Å²) in [5.41, 5.74) is 1.03. The maximum Gasteiger partial charge on any atom is 0.307 e. The normalized spacial score (nSPS) is 15.3. The third-order valence-electron chi connectivity index (χ3n) is 4.85. The first kappa shape index (κ1) is 15.5. The predicted octanol–water partition coefficient (Wildman–Crippen LogP) is 4.96. The van der Waals surface area contributed by atoms with E-state index in [1.54, 1.807) is 13.0 Å². The summed E-state index contributed by atoms with van der Waals surface area (Å²) in [6, 6.07) is 3.15. The van der Waals surface area contributed by atoms with Crippen LogP contribution in [0.15, 0.2) is 64.8 Å². The molecule has 0 spiro atoms. The zero-order valence-corrected chi connectivity index (χ0v) is 19.3. The van der Waals surface area contributed by atoms with Crippen molar-refractivity contribution in [3.8, 4) is 11.8 Å². The van der Waals surface area contributed by atoms with Gasteiger partial charge in [0.2, 0.25) is 0 Å². The Labute approximate surface area is 206 Å². The molecule has 168 valence electrons. The van der Waals surface area contributed by atoms with Gasteiger partial charge in [-0.1, -0.05) is 41.1 Å². The number of benzene rings is 2. The van der Waals surface area contributed by atoms with Gasteiger partial charge in [0.25, 0.3) is 0 Å². The molecule has 0 aliphatic carbocycles. The van der Waals surface area contributed by atoms with E-state index in [-0.39, 0.29) is 80.1 Å². The van der Waals surface area contributed by atoms with Crippen LogP contribution < -0.4 is 0 Å². The highest BCUT2D eigenvalue weighted by Crippen LogP contribution is 2.27. The summed E-state index contributed by atoms with van der Waals surface area (Å²) >= 11 is 0.796. The number of aryl methyl sites for hydroxylation is 1. The fourth-order valence-corrected chi connectivity index (χ4v) is 5.99. The summed E-state index contributed by atoms with van der Waals surface area (Å²) in [5, 5.41) is 10.3. The van der Waals surface area contributed by atoms with Crippen LogP contribution in [-0.2, 0) is 21.1 Å². The molecule has 2 N–H and O–H groups in total. The van der Waals surface area contributed by atoms with Gasteiger partial charge in [-0.15, -0.1) is 11.3 Å². The number of carbonyl (C=O) groups is 1. The highest BCUT2D eigenvalue weighted by Gasteiger charge is 2.28. The van der Waals surface area contributed by atoms with Crippen molar-refractivity contribution >= 4 is 38.0 Å². The maximum absolute atomic E-state index is 13.2. The van der Waals surface area contributed by atoms with Gasteiger partial charge in [-0.05, 0) is 62.2 Å². The van der Waals surface area contributed by atoms with Crippen molar-refractivity contribution in [1.82, 2.24) is 4.98 Å². The molecule has 0 bridgehead atoms. The van der Waals surface area contributed by atoms with Gasteiger partial charge in [-0.25, -0.2) is 8.42 Å². The SMILES string of the molecule is [2H]c1[nH]c2c([2H])c([2H])c(C)cc2c1C[C@@H](CS(=O)(=O)c1ccc(C#Cc2c([2H])c([2H])c(C)c([2H])c2[2H])s1)C(=O)O. The molecule has 0 unspecified atom stereocenters. The Kier molecular flexibility index (Phi) is 4.35. The maximum atomic E-state index is 13.2. The summed E-state index contributed by atoms with van der Waals surface area (Å²) in [6.07, 6.45) is -0.422. The second-order valence-electron chi connectivity index (χ2n) is 7.48. The monoisotopic (exact) mass is 484 g/mol. The zero-order valence-electron chi connectivity index (χ0n) is 24.7. The molecule has 33 heavy (non-hydrogen) atoms. The van der Waals surface area contributed by atoms with Gasteiger partial charge in [0, 0.05) is 22.6 Å². The van der Waals surface area contributed by atoms with Crippen LogP contribution in [0.25, 0.3) is 10.9 Å². The molecule has 4 rings (SSSR count). The lowest BCUT2D eigenvalue weighted by Gasteiger charge is -2.12. The number of sulfone groups is 1. The summed E-state index contributed by atoms with van der Waals surface area (Å²) in [5.74, 6) is 1.77. The molecule has 2 aromatic heterocycles. The van der Waals surface area contributed by atoms with Crippen LogP contribution in [-0.4, -0.2) is 30.2 Å². The fraction of sp³-hybridized carbons (Fsp3) is 0.192. The Morgan fingerprint density at radius 1 is 1.12 bits per heavy atom. The molecule has 0 saturated heterocycles. The van der Waals surface area contributed by atoms with E-state index in [0.717, 1.165) is 11.3 Å². The van der Waals surface area contributed by atoms with E-state index >= 15 is 0 Å². The van der Waals surface area contributed by atoms with Crippen molar-refractivity contribution in [2.45, 2.75) is 24.5 Å². The largest absolute Gasteiger partial charge is 0.481 e. The number of aromatic nitrogens is 1.